The standard InChI is InChI=1S/C8H18N2S/c1-8(2,3)10-4-5-11-6-7(10)9/h7H,4-6,9H2,1-3H3. The Labute approximate surface area is 73.5 Å². The van der Waals surface area contributed by atoms with Crippen molar-refractivity contribution in [2.24, 2.45) is 5.73 Å². The molecule has 0 aromatic carbocycles. The molecule has 1 aliphatic rings. The van der Waals surface area contributed by atoms with Gasteiger partial charge >= 0.3 is 0 Å². The molecular formula is C8H18N2S. The Hall–Kier alpha value is 0.270. The maximum Gasteiger partial charge on any atom is 0.0669 e. The molecule has 1 aliphatic heterocycles. The Kier molecular flexibility index (Phi) is 2.84. The van der Waals surface area contributed by atoms with Gasteiger partial charge in [-0.1, -0.05) is 0 Å². The summed E-state index contributed by atoms with van der Waals surface area (Å²) in [6.07, 6.45) is 0.258. The van der Waals surface area contributed by atoms with Gasteiger partial charge in [0.25, 0.3) is 0 Å². The van der Waals surface area contributed by atoms with Crippen LogP contribution in [0.25, 0.3) is 0 Å². The average molecular weight is 174 g/mol. The third-order valence-corrected chi connectivity index (χ3v) is 3.08. The van der Waals surface area contributed by atoms with E-state index in [1.165, 1.54) is 5.75 Å². The summed E-state index contributed by atoms with van der Waals surface area (Å²) in [7, 11) is 0. The van der Waals surface area contributed by atoms with E-state index in [1.807, 2.05) is 11.8 Å². The smallest absolute Gasteiger partial charge is 0.0669 e. The molecule has 0 spiro atoms. The van der Waals surface area contributed by atoms with Crippen LogP contribution in [0.15, 0.2) is 0 Å². The van der Waals surface area contributed by atoms with Crippen LogP contribution < -0.4 is 5.73 Å². The van der Waals surface area contributed by atoms with Crippen LogP contribution in [0.2, 0.25) is 0 Å². The van der Waals surface area contributed by atoms with Crippen LogP contribution in [-0.4, -0.2) is 34.7 Å². The highest BCUT2D eigenvalue weighted by atomic mass is 32.2. The highest BCUT2D eigenvalue weighted by Gasteiger charge is 2.28. The van der Waals surface area contributed by atoms with Gasteiger partial charge in [-0.2, -0.15) is 11.8 Å². The van der Waals surface area contributed by atoms with Crippen LogP contribution in [0.5, 0.6) is 0 Å². The summed E-state index contributed by atoms with van der Waals surface area (Å²) in [6, 6.07) is 0. The van der Waals surface area contributed by atoms with Crippen LogP contribution in [0.1, 0.15) is 20.8 Å². The van der Waals surface area contributed by atoms with Crippen molar-refractivity contribution in [1.82, 2.24) is 4.90 Å². The lowest BCUT2D eigenvalue weighted by Crippen LogP contribution is -2.56. The molecule has 0 saturated carbocycles. The van der Waals surface area contributed by atoms with Crippen molar-refractivity contribution < 1.29 is 0 Å². The van der Waals surface area contributed by atoms with Crippen molar-refractivity contribution in [3.63, 3.8) is 0 Å². The summed E-state index contributed by atoms with van der Waals surface area (Å²) in [5.74, 6) is 2.31. The van der Waals surface area contributed by atoms with E-state index in [4.69, 9.17) is 5.73 Å². The number of hydrogen-bond acceptors (Lipinski definition) is 3. The molecule has 1 heterocycles. The van der Waals surface area contributed by atoms with Gasteiger partial charge in [0.1, 0.15) is 0 Å². The molecule has 0 aromatic heterocycles. The van der Waals surface area contributed by atoms with Gasteiger partial charge in [-0.05, 0) is 20.8 Å². The predicted octanol–water partition coefficient (Wildman–Crippen LogP) is 1.12. The second-order valence-electron chi connectivity index (χ2n) is 4.01. The lowest BCUT2D eigenvalue weighted by atomic mass is 10.1. The quantitative estimate of drug-likeness (QED) is 0.597. The Morgan fingerprint density at radius 2 is 2.09 bits per heavy atom. The van der Waals surface area contributed by atoms with Crippen LogP contribution >= 0.6 is 11.8 Å². The maximum atomic E-state index is 5.97. The van der Waals surface area contributed by atoms with Crippen molar-refractivity contribution in [1.29, 1.82) is 0 Å². The minimum absolute atomic E-state index is 0.237. The zero-order valence-corrected chi connectivity index (χ0v) is 8.45. The van der Waals surface area contributed by atoms with E-state index in [0.717, 1.165) is 12.3 Å². The summed E-state index contributed by atoms with van der Waals surface area (Å²) in [6.45, 7) is 7.81. The first-order chi connectivity index (χ1) is 5.02. The molecule has 1 fully saturated rings. The highest BCUT2D eigenvalue weighted by Crippen LogP contribution is 2.21. The normalized spacial score (nSPS) is 28.9. The number of nitrogens with two attached hydrogens (primary N) is 1. The molecule has 0 amide bonds. The molecule has 66 valence electrons. The van der Waals surface area contributed by atoms with E-state index < -0.39 is 0 Å². The lowest BCUT2D eigenvalue weighted by Gasteiger charge is -2.42. The summed E-state index contributed by atoms with van der Waals surface area (Å²) < 4.78 is 0. The highest BCUT2D eigenvalue weighted by molar-refractivity contribution is 7.99. The first-order valence-electron chi connectivity index (χ1n) is 4.12. The maximum absolute atomic E-state index is 5.97. The Balaban J connectivity index is 2.55. The first kappa shape index (κ1) is 9.36. The van der Waals surface area contributed by atoms with Crippen molar-refractivity contribution >= 4 is 11.8 Å². The minimum Gasteiger partial charge on any atom is -0.315 e. The van der Waals surface area contributed by atoms with E-state index in [0.29, 0.717) is 0 Å². The second kappa shape index (κ2) is 3.33. The number of thioether (sulfide) groups is 1. The van der Waals surface area contributed by atoms with Gasteiger partial charge in [-0.3, -0.25) is 4.90 Å². The molecule has 2 nitrogen and oxygen atoms in total. The molecule has 0 aromatic rings. The van der Waals surface area contributed by atoms with Crippen LogP contribution in [0.3, 0.4) is 0 Å². The average Bonchev–Trinajstić information content (AvgIpc) is 1.86. The number of nitrogens with zero attached hydrogens (tertiary/aromatic N) is 1. The molecule has 1 saturated heterocycles. The largest absolute Gasteiger partial charge is 0.315 e. The summed E-state index contributed by atoms with van der Waals surface area (Å²) >= 11 is 1.96. The fraction of sp³-hybridized carbons (Fsp3) is 1.00. The summed E-state index contributed by atoms with van der Waals surface area (Å²) in [5, 5.41) is 0. The Bertz CT molecular complexity index is 131. The first-order valence-corrected chi connectivity index (χ1v) is 5.27. The van der Waals surface area contributed by atoms with E-state index >= 15 is 0 Å². The molecule has 11 heavy (non-hydrogen) atoms. The second-order valence-corrected chi connectivity index (χ2v) is 5.16. The van der Waals surface area contributed by atoms with Gasteiger partial charge in [0, 0.05) is 23.6 Å². The van der Waals surface area contributed by atoms with Gasteiger partial charge < -0.3 is 5.73 Å². The van der Waals surface area contributed by atoms with Gasteiger partial charge in [-0.25, -0.2) is 0 Å². The zero-order chi connectivity index (χ0) is 8.48. The van der Waals surface area contributed by atoms with Crippen LogP contribution in [0, 0.1) is 0 Å². The molecule has 1 unspecified atom stereocenters. The Morgan fingerprint density at radius 3 is 2.45 bits per heavy atom. The van der Waals surface area contributed by atoms with Gasteiger partial charge in [0.05, 0.1) is 6.17 Å². The molecule has 0 aliphatic carbocycles. The monoisotopic (exact) mass is 174 g/mol. The molecule has 1 rings (SSSR count). The van der Waals surface area contributed by atoms with Crippen LogP contribution in [-0.2, 0) is 0 Å². The minimum atomic E-state index is 0.237. The molecule has 0 bridgehead atoms. The predicted molar refractivity (Wildman–Crippen MR) is 51.8 cm³/mol. The molecule has 1 atom stereocenters. The Morgan fingerprint density at radius 1 is 1.45 bits per heavy atom. The van der Waals surface area contributed by atoms with Crippen molar-refractivity contribution in [2.75, 3.05) is 18.1 Å². The summed E-state index contributed by atoms with van der Waals surface area (Å²) in [5.41, 5.74) is 6.21. The molecule has 3 heteroatoms. The molecule has 2 N–H and O–H groups in total. The molecular weight excluding hydrogens is 156 g/mol. The third kappa shape index (κ3) is 2.36. The van der Waals surface area contributed by atoms with Gasteiger partial charge in [0.2, 0.25) is 0 Å². The topological polar surface area (TPSA) is 29.3 Å². The third-order valence-electron chi connectivity index (χ3n) is 2.03. The van der Waals surface area contributed by atoms with E-state index in [1.54, 1.807) is 0 Å². The van der Waals surface area contributed by atoms with Crippen molar-refractivity contribution in [3.8, 4) is 0 Å². The van der Waals surface area contributed by atoms with Crippen LogP contribution in [0.4, 0.5) is 0 Å². The lowest BCUT2D eigenvalue weighted by molar-refractivity contribution is 0.100. The number of rotatable bonds is 0. The van der Waals surface area contributed by atoms with E-state index in [9.17, 15) is 0 Å². The van der Waals surface area contributed by atoms with E-state index in [2.05, 4.69) is 25.7 Å². The molecule has 0 radical (unpaired) electrons. The van der Waals surface area contributed by atoms with E-state index in [-0.39, 0.29) is 11.7 Å². The van der Waals surface area contributed by atoms with Gasteiger partial charge in [-0.15, -0.1) is 0 Å². The SMILES string of the molecule is CC(C)(C)N1CCSCC1N. The fourth-order valence-electron chi connectivity index (χ4n) is 1.46. The summed E-state index contributed by atoms with van der Waals surface area (Å²) in [4.78, 5) is 2.38. The van der Waals surface area contributed by atoms with Gasteiger partial charge in [0.15, 0.2) is 0 Å². The van der Waals surface area contributed by atoms with Crippen molar-refractivity contribution in [3.05, 3.63) is 0 Å². The number of hydrogen-bond donors (Lipinski definition) is 1. The zero-order valence-electron chi connectivity index (χ0n) is 7.63. The van der Waals surface area contributed by atoms with Crippen molar-refractivity contribution in [2.45, 2.75) is 32.5 Å². The fourth-order valence-corrected chi connectivity index (χ4v) is 2.37.